The van der Waals surface area contributed by atoms with Crippen LogP contribution in [0.3, 0.4) is 0 Å². The summed E-state index contributed by atoms with van der Waals surface area (Å²) in [5.74, 6) is -0.534. The monoisotopic (exact) mass is 244 g/mol. The van der Waals surface area contributed by atoms with Crippen molar-refractivity contribution in [2.75, 3.05) is 17.6 Å². The topological polar surface area (TPSA) is 85.4 Å². The van der Waals surface area contributed by atoms with Crippen molar-refractivity contribution in [3.8, 4) is 0 Å². The summed E-state index contributed by atoms with van der Waals surface area (Å²) in [6.45, 7) is 1.96. The predicted molar refractivity (Wildman–Crippen MR) is 58.7 cm³/mol. The minimum atomic E-state index is -3.33. The van der Waals surface area contributed by atoms with Crippen molar-refractivity contribution in [2.24, 2.45) is 0 Å². The van der Waals surface area contributed by atoms with Crippen LogP contribution < -0.4 is 4.72 Å². The highest BCUT2D eigenvalue weighted by molar-refractivity contribution is 7.92. The van der Waals surface area contributed by atoms with Crippen molar-refractivity contribution in [1.29, 1.82) is 0 Å². The molecular weight excluding hydrogens is 232 g/mol. The maximum absolute atomic E-state index is 11.2. The number of carbonyl (C=O) groups is 1. The van der Waals surface area contributed by atoms with Gasteiger partial charge in [0, 0.05) is 0 Å². The molecule has 1 N–H and O–H groups in total. The van der Waals surface area contributed by atoms with Gasteiger partial charge in [0.15, 0.2) is 0 Å². The number of aromatic nitrogens is 1. The minimum absolute atomic E-state index is 0.140. The SMILES string of the molecule is CCOC(=O)c1ccc(NS(C)(=O)=O)cn1. The van der Waals surface area contributed by atoms with Crippen molar-refractivity contribution in [3.63, 3.8) is 0 Å². The molecule has 1 heterocycles. The van der Waals surface area contributed by atoms with E-state index in [0.717, 1.165) is 6.26 Å². The molecule has 7 heteroatoms. The first kappa shape index (κ1) is 12.4. The summed E-state index contributed by atoms with van der Waals surface area (Å²) < 4.78 is 28.7. The number of carbonyl (C=O) groups excluding carboxylic acids is 1. The van der Waals surface area contributed by atoms with E-state index in [1.54, 1.807) is 6.92 Å². The molecule has 0 saturated carbocycles. The van der Waals surface area contributed by atoms with E-state index in [9.17, 15) is 13.2 Å². The van der Waals surface area contributed by atoms with Crippen LogP contribution in [0.5, 0.6) is 0 Å². The molecule has 0 radical (unpaired) electrons. The summed E-state index contributed by atoms with van der Waals surface area (Å²) in [7, 11) is -3.33. The van der Waals surface area contributed by atoms with E-state index in [0.29, 0.717) is 5.69 Å². The average molecular weight is 244 g/mol. The fourth-order valence-electron chi connectivity index (χ4n) is 0.994. The Hall–Kier alpha value is -1.63. The van der Waals surface area contributed by atoms with Gasteiger partial charge in [-0.1, -0.05) is 0 Å². The molecule has 0 aromatic carbocycles. The van der Waals surface area contributed by atoms with Gasteiger partial charge < -0.3 is 4.74 Å². The highest BCUT2D eigenvalue weighted by Crippen LogP contribution is 2.08. The van der Waals surface area contributed by atoms with E-state index in [-0.39, 0.29) is 12.3 Å². The van der Waals surface area contributed by atoms with E-state index in [4.69, 9.17) is 4.74 Å². The lowest BCUT2D eigenvalue weighted by Gasteiger charge is -2.04. The summed E-state index contributed by atoms with van der Waals surface area (Å²) in [4.78, 5) is 15.0. The number of nitrogens with zero attached hydrogens (tertiary/aromatic N) is 1. The van der Waals surface area contributed by atoms with Crippen LogP contribution in [0.2, 0.25) is 0 Å². The highest BCUT2D eigenvalue weighted by atomic mass is 32.2. The van der Waals surface area contributed by atoms with Gasteiger partial charge in [-0.15, -0.1) is 0 Å². The van der Waals surface area contributed by atoms with E-state index in [1.807, 2.05) is 0 Å². The lowest BCUT2D eigenvalue weighted by atomic mass is 10.3. The summed E-state index contributed by atoms with van der Waals surface area (Å²) in [5, 5.41) is 0. The number of ether oxygens (including phenoxy) is 1. The van der Waals surface area contributed by atoms with Crippen LogP contribution in [0.4, 0.5) is 5.69 Å². The highest BCUT2D eigenvalue weighted by Gasteiger charge is 2.08. The molecule has 0 saturated heterocycles. The van der Waals surface area contributed by atoms with E-state index < -0.39 is 16.0 Å². The van der Waals surface area contributed by atoms with Crippen LogP contribution in [-0.4, -0.2) is 32.2 Å². The Kier molecular flexibility index (Phi) is 3.83. The van der Waals surface area contributed by atoms with Crippen LogP contribution in [0.1, 0.15) is 17.4 Å². The molecule has 0 amide bonds. The first-order chi connectivity index (χ1) is 7.42. The zero-order chi connectivity index (χ0) is 12.2. The summed E-state index contributed by atoms with van der Waals surface area (Å²) in [6, 6.07) is 2.84. The Balaban J connectivity index is 2.79. The van der Waals surface area contributed by atoms with Gasteiger partial charge in [0.05, 0.1) is 24.7 Å². The molecule has 16 heavy (non-hydrogen) atoms. The normalized spacial score (nSPS) is 10.9. The quantitative estimate of drug-likeness (QED) is 0.785. The maximum atomic E-state index is 11.2. The molecule has 6 nitrogen and oxygen atoms in total. The van der Waals surface area contributed by atoms with Crippen molar-refractivity contribution in [3.05, 3.63) is 24.0 Å². The fraction of sp³-hybridized carbons (Fsp3) is 0.333. The van der Waals surface area contributed by atoms with Crippen molar-refractivity contribution in [1.82, 2.24) is 4.98 Å². The Morgan fingerprint density at radius 3 is 2.62 bits per heavy atom. The van der Waals surface area contributed by atoms with Crippen molar-refractivity contribution >= 4 is 21.7 Å². The molecule has 0 aliphatic rings. The number of esters is 1. The molecule has 88 valence electrons. The first-order valence-corrected chi connectivity index (χ1v) is 6.42. The summed E-state index contributed by atoms with van der Waals surface area (Å²) in [6.07, 6.45) is 2.29. The molecular formula is C9H12N2O4S. The minimum Gasteiger partial charge on any atom is -0.461 e. The zero-order valence-electron chi connectivity index (χ0n) is 8.93. The van der Waals surface area contributed by atoms with Gasteiger partial charge in [-0.3, -0.25) is 4.72 Å². The maximum Gasteiger partial charge on any atom is 0.356 e. The zero-order valence-corrected chi connectivity index (χ0v) is 9.74. The van der Waals surface area contributed by atoms with Gasteiger partial charge in [-0.25, -0.2) is 18.2 Å². The second-order valence-electron chi connectivity index (χ2n) is 3.03. The van der Waals surface area contributed by atoms with Gasteiger partial charge in [-0.2, -0.15) is 0 Å². The smallest absolute Gasteiger partial charge is 0.356 e. The van der Waals surface area contributed by atoms with Crippen LogP contribution in [0.15, 0.2) is 18.3 Å². The van der Waals surface area contributed by atoms with Crippen LogP contribution in [0.25, 0.3) is 0 Å². The predicted octanol–water partition coefficient (Wildman–Crippen LogP) is 0.630. The van der Waals surface area contributed by atoms with E-state index in [1.165, 1.54) is 18.3 Å². The number of nitrogens with one attached hydrogen (secondary N) is 1. The largest absolute Gasteiger partial charge is 0.461 e. The number of pyridine rings is 1. The molecule has 0 aliphatic carbocycles. The molecule has 0 unspecified atom stereocenters. The first-order valence-electron chi connectivity index (χ1n) is 4.53. The third-order valence-corrected chi connectivity index (χ3v) is 2.16. The molecule has 0 atom stereocenters. The third-order valence-electron chi connectivity index (χ3n) is 1.55. The van der Waals surface area contributed by atoms with Gasteiger partial charge >= 0.3 is 5.97 Å². The Bertz CT molecular complexity index is 467. The molecule has 0 aliphatic heterocycles. The lowest BCUT2D eigenvalue weighted by molar-refractivity contribution is 0.0519. The summed E-state index contributed by atoms with van der Waals surface area (Å²) in [5.41, 5.74) is 0.441. The Morgan fingerprint density at radius 1 is 1.50 bits per heavy atom. The van der Waals surface area contributed by atoms with Gasteiger partial charge in [0.25, 0.3) is 0 Å². The number of hydrogen-bond acceptors (Lipinski definition) is 5. The van der Waals surface area contributed by atoms with Gasteiger partial charge in [0.2, 0.25) is 10.0 Å². The molecule has 1 aromatic rings. The average Bonchev–Trinajstić information content (AvgIpc) is 2.16. The number of rotatable bonds is 4. The second-order valence-corrected chi connectivity index (χ2v) is 4.78. The van der Waals surface area contributed by atoms with E-state index >= 15 is 0 Å². The second kappa shape index (κ2) is 4.93. The van der Waals surface area contributed by atoms with Crippen molar-refractivity contribution < 1.29 is 17.9 Å². The van der Waals surface area contributed by atoms with E-state index in [2.05, 4.69) is 9.71 Å². The van der Waals surface area contributed by atoms with Crippen LogP contribution in [0, 0.1) is 0 Å². The molecule has 0 fully saturated rings. The molecule has 0 spiro atoms. The third kappa shape index (κ3) is 3.85. The standard InChI is InChI=1S/C9H12N2O4S/c1-3-15-9(12)8-5-4-7(6-10-8)11-16(2,13)14/h4-6,11H,3H2,1-2H3. The lowest BCUT2D eigenvalue weighted by Crippen LogP contribution is -2.11. The number of sulfonamides is 1. The Morgan fingerprint density at radius 2 is 2.19 bits per heavy atom. The fourth-order valence-corrected chi connectivity index (χ4v) is 1.54. The molecule has 1 aromatic heterocycles. The van der Waals surface area contributed by atoms with Gasteiger partial charge in [0.1, 0.15) is 5.69 Å². The number of hydrogen-bond donors (Lipinski definition) is 1. The Labute approximate surface area is 93.7 Å². The van der Waals surface area contributed by atoms with Crippen LogP contribution in [-0.2, 0) is 14.8 Å². The molecule has 0 bridgehead atoms. The van der Waals surface area contributed by atoms with Gasteiger partial charge in [-0.05, 0) is 19.1 Å². The summed E-state index contributed by atoms with van der Waals surface area (Å²) >= 11 is 0. The van der Waals surface area contributed by atoms with Crippen molar-refractivity contribution in [2.45, 2.75) is 6.92 Å². The number of anilines is 1. The van der Waals surface area contributed by atoms with Crippen LogP contribution >= 0.6 is 0 Å². The molecule has 1 rings (SSSR count).